The highest BCUT2D eigenvalue weighted by molar-refractivity contribution is 5.85. The van der Waals surface area contributed by atoms with Crippen LogP contribution in [-0.2, 0) is 11.3 Å². The lowest BCUT2D eigenvalue weighted by molar-refractivity contribution is -0.127. The number of imidazole rings is 1. The van der Waals surface area contributed by atoms with Crippen LogP contribution in [0.3, 0.4) is 0 Å². The van der Waals surface area contributed by atoms with Crippen LogP contribution in [0.1, 0.15) is 51.4 Å². The van der Waals surface area contributed by atoms with Crippen molar-refractivity contribution in [3.05, 3.63) is 18.7 Å². The van der Waals surface area contributed by atoms with Crippen LogP contribution in [0.5, 0.6) is 0 Å². The van der Waals surface area contributed by atoms with Crippen molar-refractivity contribution in [1.29, 1.82) is 0 Å². The summed E-state index contributed by atoms with van der Waals surface area (Å²) in [5.41, 5.74) is -0.166. The molecule has 4 rings (SSSR count). The summed E-state index contributed by atoms with van der Waals surface area (Å²) < 4.78 is 2.04. The Hall–Kier alpha value is -1.36. The number of piperidine rings is 1. The first kappa shape index (κ1) is 16.1. The van der Waals surface area contributed by atoms with Crippen molar-refractivity contribution in [3.8, 4) is 0 Å². The number of nitrogens with one attached hydrogen (secondary N) is 1. The molecule has 1 aliphatic heterocycles. The molecule has 0 radical (unpaired) electrons. The van der Waals surface area contributed by atoms with Gasteiger partial charge >= 0.3 is 0 Å². The Morgan fingerprint density at radius 1 is 1.21 bits per heavy atom. The van der Waals surface area contributed by atoms with Gasteiger partial charge in [-0.1, -0.05) is 12.8 Å². The van der Waals surface area contributed by atoms with E-state index >= 15 is 0 Å². The van der Waals surface area contributed by atoms with Crippen molar-refractivity contribution in [2.45, 2.75) is 64.0 Å². The summed E-state index contributed by atoms with van der Waals surface area (Å²) in [6, 6.07) is 0.819. The molecule has 5 heteroatoms. The molecule has 24 heavy (non-hydrogen) atoms. The number of carbonyl (C=O) groups excluding carboxylic acids is 1. The average Bonchev–Trinajstić information content (AvgIpc) is 3.03. The number of amides is 1. The lowest BCUT2D eigenvalue weighted by Crippen LogP contribution is -2.46. The smallest absolute Gasteiger partial charge is 0.228 e. The number of aromatic nitrogens is 2. The van der Waals surface area contributed by atoms with Crippen LogP contribution in [-0.4, -0.2) is 46.0 Å². The molecule has 5 nitrogen and oxygen atoms in total. The van der Waals surface area contributed by atoms with Gasteiger partial charge in [0.1, 0.15) is 0 Å². The van der Waals surface area contributed by atoms with Crippen molar-refractivity contribution in [2.24, 2.45) is 11.3 Å². The second-order valence-electron chi connectivity index (χ2n) is 8.17. The highest BCUT2D eigenvalue weighted by Crippen LogP contribution is 2.47. The molecule has 1 atom stereocenters. The number of hydrogen-bond acceptors (Lipinski definition) is 3. The molecule has 132 valence electrons. The summed E-state index contributed by atoms with van der Waals surface area (Å²) in [6.07, 6.45) is 15.7. The predicted octanol–water partition coefficient (Wildman–Crippen LogP) is 2.43. The van der Waals surface area contributed by atoms with E-state index in [1.54, 1.807) is 6.20 Å². The summed E-state index contributed by atoms with van der Waals surface area (Å²) in [5, 5.41) is 3.28. The fourth-order valence-electron chi connectivity index (χ4n) is 4.63. The molecule has 0 spiro atoms. The molecular formula is C19H30N4O. The predicted molar refractivity (Wildman–Crippen MR) is 93.5 cm³/mol. The number of nitrogens with zero attached hydrogens (tertiary/aromatic N) is 3. The van der Waals surface area contributed by atoms with Gasteiger partial charge in [0, 0.05) is 38.1 Å². The maximum atomic E-state index is 12.7. The zero-order valence-electron chi connectivity index (χ0n) is 14.6. The van der Waals surface area contributed by atoms with Crippen LogP contribution in [0.4, 0.5) is 0 Å². The van der Waals surface area contributed by atoms with Gasteiger partial charge in [-0.3, -0.25) is 4.79 Å². The standard InChI is InChI=1S/C19H30N4O/c24-18(19(7-8-19)14-22-11-9-20-15-22)21-12-16-4-3-10-23(13-16)17-5-1-2-6-17/h9,11,15-17H,1-8,10,12-14H2,(H,21,24)/t16-/m0/s1. The summed E-state index contributed by atoms with van der Waals surface area (Å²) in [5.74, 6) is 0.890. The molecule has 3 fully saturated rings. The maximum Gasteiger partial charge on any atom is 0.228 e. The molecule has 0 bridgehead atoms. The van der Waals surface area contributed by atoms with Crippen molar-refractivity contribution in [1.82, 2.24) is 19.8 Å². The molecule has 0 aromatic carbocycles. The zero-order valence-corrected chi connectivity index (χ0v) is 14.6. The minimum absolute atomic E-state index is 0.166. The van der Waals surface area contributed by atoms with E-state index in [2.05, 4.69) is 15.2 Å². The molecule has 1 amide bonds. The third-order valence-corrected chi connectivity index (χ3v) is 6.32. The first-order chi connectivity index (χ1) is 11.8. The van der Waals surface area contributed by atoms with Crippen molar-refractivity contribution >= 4 is 5.91 Å². The second-order valence-corrected chi connectivity index (χ2v) is 8.17. The number of hydrogen-bond donors (Lipinski definition) is 1. The summed E-state index contributed by atoms with van der Waals surface area (Å²) >= 11 is 0. The SMILES string of the molecule is O=C(NC[C@@H]1CCCN(C2CCCC2)C1)C1(Cn2ccnc2)CC1. The van der Waals surface area contributed by atoms with Crippen molar-refractivity contribution in [2.75, 3.05) is 19.6 Å². The fraction of sp³-hybridized carbons (Fsp3) is 0.789. The molecular weight excluding hydrogens is 300 g/mol. The van der Waals surface area contributed by atoms with E-state index in [-0.39, 0.29) is 11.3 Å². The van der Waals surface area contributed by atoms with Gasteiger partial charge in [-0.05, 0) is 51.0 Å². The molecule has 1 N–H and O–H groups in total. The van der Waals surface area contributed by atoms with Crippen molar-refractivity contribution in [3.63, 3.8) is 0 Å². The monoisotopic (exact) mass is 330 g/mol. The number of likely N-dealkylation sites (tertiary alicyclic amines) is 1. The highest BCUT2D eigenvalue weighted by Gasteiger charge is 2.50. The normalized spacial score (nSPS) is 27.2. The molecule has 1 saturated heterocycles. The fourth-order valence-corrected chi connectivity index (χ4v) is 4.63. The van der Waals surface area contributed by atoms with E-state index < -0.39 is 0 Å². The first-order valence-electron chi connectivity index (χ1n) is 9.73. The van der Waals surface area contributed by atoms with Gasteiger partial charge in [0.2, 0.25) is 5.91 Å². The molecule has 1 aromatic heterocycles. The molecule has 1 aromatic rings. The third kappa shape index (κ3) is 3.51. The largest absolute Gasteiger partial charge is 0.355 e. The minimum atomic E-state index is -0.166. The number of carbonyl (C=O) groups is 1. The summed E-state index contributed by atoms with van der Waals surface area (Å²) in [6.45, 7) is 4.07. The molecule has 2 saturated carbocycles. The van der Waals surface area contributed by atoms with E-state index in [0.717, 1.165) is 32.0 Å². The van der Waals surface area contributed by atoms with E-state index in [1.165, 1.54) is 51.6 Å². The van der Waals surface area contributed by atoms with E-state index in [4.69, 9.17) is 0 Å². The third-order valence-electron chi connectivity index (χ3n) is 6.32. The van der Waals surface area contributed by atoms with Gasteiger partial charge < -0.3 is 14.8 Å². The summed E-state index contributed by atoms with van der Waals surface area (Å²) in [7, 11) is 0. The van der Waals surface area contributed by atoms with E-state index in [9.17, 15) is 4.79 Å². The Kier molecular flexibility index (Phi) is 4.61. The maximum absolute atomic E-state index is 12.7. The van der Waals surface area contributed by atoms with Gasteiger partial charge in [0.25, 0.3) is 0 Å². The van der Waals surface area contributed by atoms with Gasteiger partial charge in [-0.2, -0.15) is 0 Å². The number of rotatable bonds is 6. The Labute approximate surface area is 144 Å². The Balaban J connectivity index is 1.26. The Bertz CT molecular complexity index is 546. The Morgan fingerprint density at radius 3 is 2.75 bits per heavy atom. The lowest BCUT2D eigenvalue weighted by atomic mass is 9.95. The molecule has 3 aliphatic rings. The first-order valence-corrected chi connectivity index (χ1v) is 9.73. The quantitative estimate of drug-likeness (QED) is 0.871. The van der Waals surface area contributed by atoms with Crippen LogP contribution >= 0.6 is 0 Å². The highest BCUT2D eigenvalue weighted by atomic mass is 16.2. The minimum Gasteiger partial charge on any atom is -0.355 e. The van der Waals surface area contributed by atoms with Gasteiger partial charge in [0.15, 0.2) is 0 Å². The van der Waals surface area contributed by atoms with Crippen LogP contribution in [0, 0.1) is 11.3 Å². The summed E-state index contributed by atoms with van der Waals surface area (Å²) in [4.78, 5) is 19.5. The van der Waals surface area contributed by atoms with E-state index in [1.807, 2.05) is 17.1 Å². The Morgan fingerprint density at radius 2 is 2.04 bits per heavy atom. The average molecular weight is 330 g/mol. The zero-order chi connectivity index (χ0) is 16.4. The van der Waals surface area contributed by atoms with Crippen LogP contribution in [0.15, 0.2) is 18.7 Å². The van der Waals surface area contributed by atoms with Crippen molar-refractivity contribution < 1.29 is 4.79 Å². The topological polar surface area (TPSA) is 50.2 Å². The molecule has 0 unspecified atom stereocenters. The van der Waals surface area contributed by atoms with Gasteiger partial charge in [0.05, 0.1) is 11.7 Å². The van der Waals surface area contributed by atoms with Crippen LogP contribution in [0.25, 0.3) is 0 Å². The van der Waals surface area contributed by atoms with E-state index in [0.29, 0.717) is 5.92 Å². The second kappa shape index (κ2) is 6.87. The van der Waals surface area contributed by atoms with Crippen LogP contribution in [0.2, 0.25) is 0 Å². The molecule has 2 heterocycles. The lowest BCUT2D eigenvalue weighted by Gasteiger charge is -2.37. The molecule has 2 aliphatic carbocycles. The van der Waals surface area contributed by atoms with Gasteiger partial charge in [-0.15, -0.1) is 0 Å². The van der Waals surface area contributed by atoms with Gasteiger partial charge in [-0.25, -0.2) is 4.98 Å². The van der Waals surface area contributed by atoms with Crippen LogP contribution < -0.4 is 5.32 Å².